The Morgan fingerprint density at radius 1 is 1.07 bits per heavy atom. The van der Waals surface area contributed by atoms with Crippen molar-refractivity contribution in [1.29, 1.82) is 0 Å². The van der Waals surface area contributed by atoms with Crippen molar-refractivity contribution in [2.45, 2.75) is 31.4 Å². The zero-order valence-corrected chi connectivity index (χ0v) is 18.1. The molecule has 158 valence electrons. The highest BCUT2D eigenvalue weighted by Gasteiger charge is 2.40. The van der Waals surface area contributed by atoms with E-state index in [1.54, 1.807) is 28.0 Å². The lowest BCUT2D eigenvalue weighted by Crippen LogP contribution is -2.47. The van der Waals surface area contributed by atoms with Gasteiger partial charge in [0.1, 0.15) is 0 Å². The lowest BCUT2D eigenvalue weighted by Gasteiger charge is -2.39. The van der Waals surface area contributed by atoms with Crippen LogP contribution in [0.25, 0.3) is 0 Å². The van der Waals surface area contributed by atoms with Gasteiger partial charge >= 0.3 is 0 Å². The van der Waals surface area contributed by atoms with Crippen LogP contribution in [0.15, 0.2) is 48.5 Å². The van der Waals surface area contributed by atoms with E-state index in [1.165, 1.54) is 0 Å². The van der Waals surface area contributed by atoms with E-state index >= 15 is 0 Å². The molecule has 1 N–H and O–H groups in total. The van der Waals surface area contributed by atoms with E-state index in [9.17, 15) is 14.7 Å². The fraction of sp³-hybridized carbons (Fsp3) is 0.391. The van der Waals surface area contributed by atoms with Crippen LogP contribution in [0.1, 0.15) is 30.4 Å². The summed E-state index contributed by atoms with van der Waals surface area (Å²) < 4.78 is 0. The molecule has 0 unspecified atom stereocenters. The lowest BCUT2D eigenvalue weighted by molar-refractivity contribution is -0.140. The summed E-state index contributed by atoms with van der Waals surface area (Å²) in [7, 11) is 0. The maximum absolute atomic E-state index is 13.0. The smallest absolute Gasteiger partial charge is 0.227 e. The number of piperidine rings is 1. The van der Waals surface area contributed by atoms with Gasteiger partial charge in [-0.1, -0.05) is 53.5 Å². The van der Waals surface area contributed by atoms with Crippen LogP contribution in [-0.4, -0.2) is 46.4 Å². The molecule has 0 aliphatic carbocycles. The van der Waals surface area contributed by atoms with Gasteiger partial charge < -0.3 is 14.9 Å². The van der Waals surface area contributed by atoms with E-state index in [2.05, 4.69) is 0 Å². The quantitative estimate of drug-likeness (QED) is 0.775. The fourth-order valence-corrected chi connectivity index (χ4v) is 4.65. The molecule has 0 radical (unpaired) electrons. The first-order chi connectivity index (χ1) is 14.4. The summed E-state index contributed by atoms with van der Waals surface area (Å²) in [6.07, 6.45) is 1.15. The molecule has 2 aliphatic heterocycles. The third-order valence-electron chi connectivity index (χ3n) is 6.17. The van der Waals surface area contributed by atoms with Crippen LogP contribution in [-0.2, 0) is 21.7 Å². The molecule has 2 amide bonds. The summed E-state index contributed by atoms with van der Waals surface area (Å²) >= 11 is 12.2. The minimum atomic E-state index is -0.955. The van der Waals surface area contributed by atoms with Crippen LogP contribution in [0.3, 0.4) is 0 Å². The van der Waals surface area contributed by atoms with Gasteiger partial charge in [-0.05, 0) is 42.2 Å². The lowest BCUT2D eigenvalue weighted by atomic mass is 9.84. The summed E-state index contributed by atoms with van der Waals surface area (Å²) in [4.78, 5) is 29.0. The van der Waals surface area contributed by atoms with Gasteiger partial charge in [0.2, 0.25) is 11.8 Å². The van der Waals surface area contributed by atoms with Crippen molar-refractivity contribution in [3.05, 3.63) is 69.7 Å². The van der Waals surface area contributed by atoms with E-state index in [1.807, 2.05) is 30.3 Å². The number of amides is 2. The Labute approximate surface area is 186 Å². The Kier molecular flexibility index (Phi) is 6.05. The van der Waals surface area contributed by atoms with Crippen LogP contribution < -0.4 is 0 Å². The Morgan fingerprint density at radius 2 is 1.73 bits per heavy atom. The minimum Gasteiger partial charge on any atom is -0.385 e. The molecule has 2 fully saturated rings. The molecule has 2 aromatic carbocycles. The van der Waals surface area contributed by atoms with Crippen molar-refractivity contribution in [3.63, 3.8) is 0 Å². The average molecular weight is 447 g/mol. The zero-order valence-electron chi connectivity index (χ0n) is 16.6. The largest absolute Gasteiger partial charge is 0.385 e. The molecular formula is C23H24Cl2N2O3. The second kappa shape index (κ2) is 8.58. The van der Waals surface area contributed by atoms with Crippen molar-refractivity contribution in [3.8, 4) is 0 Å². The highest BCUT2D eigenvalue weighted by molar-refractivity contribution is 6.31. The topological polar surface area (TPSA) is 60.9 Å². The predicted molar refractivity (Wildman–Crippen MR) is 116 cm³/mol. The number of rotatable bonds is 4. The third kappa shape index (κ3) is 4.34. The molecule has 30 heavy (non-hydrogen) atoms. The fourth-order valence-electron chi connectivity index (χ4n) is 4.33. The number of hydrogen-bond donors (Lipinski definition) is 1. The van der Waals surface area contributed by atoms with E-state index < -0.39 is 5.60 Å². The molecule has 7 heteroatoms. The van der Waals surface area contributed by atoms with Crippen LogP contribution in [0, 0.1) is 5.92 Å². The Balaban J connectivity index is 1.36. The minimum absolute atomic E-state index is 0.0110. The number of hydrogen-bond acceptors (Lipinski definition) is 3. The van der Waals surface area contributed by atoms with Gasteiger partial charge in [0.05, 0.1) is 11.5 Å². The molecule has 0 spiro atoms. The van der Waals surface area contributed by atoms with Crippen molar-refractivity contribution in [1.82, 2.24) is 9.80 Å². The summed E-state index contributed by atoms with van der Waals surface area (Å²) in [5, 5.41) is 12.3. The second-order valence-electron chi connectivity index (χ2n) is 8.13. The predicted octanol–water partition coefficient (Wildman–Crippen LogP) is 3.85. The monoisotopic (exact) mass is 446 g/mol. The van der Waals surface area contributed by atoms with Crippen LogP contribution in [0.4, 0.5) is 0 Å². The first kappa shape index (κ1) is 21.2. The number of benzene rings is 2. The molecule has 0 aromatic heterocycles. The molecule has 0 bridgehead atoms. The summed E-state index contributed by atoms with van der Waals surface area (Å²) in [6.45, 7) is 1.75. The standard InChI is InChI=1S/C23H24Cl2N2O3/c24-19-7-5-18(6-8-19)23(30)9-11-26(12-10-23)22(29)17-13-21(28)27(15-17)14-16-3-1-2-4-20(16)25/h1-8,17,30H,9-15H2/t17-/m0/s1. The third-order valence-corrected chi connectivity index (χ3v) is 6.79. The zero-order chi connectivity index (χ0) is 21.3. The summed E-state index contributed by atoms with van der Waals surface area (Å²) in [5.41, 5.74) is 0.746. The molecule has 2 heterocycles. The van der Waals surface area contributed by atoms with Gasteiger partial charge in [-0.25, -0.2) is 0 Å². The number of carbonyl (C=O) groups excluding carboxylic acids is 2. The number of aliphatic hydroxyl groups is 1. The SMILES string of the molecule is O=C1C[C@H](C(=O)N2CCC(O)(c3ccc(Cl)cc3)CC2)CN1Cc1ccccc1Cl. The molecular weight excluding hydrogens is 423 g/mol. The van der Waals surface area contributed by atoms with E-state index in [-0.39, 0.29) is 24.2 Å². The van der Waals surface area contributed by atoms with Crippen LogP contribution >= 0.6 is 23.2 Å². The molecule has 2 aliphatic rings. The van der Waals surface area contributed by atoms with Gasteiger partial charge in [0, 0.05) is 42.6 Å². The van der Waals surface area contributed by atoms with Gasteiger partial charge in [-0.3, -0.25) is 9.59 Å². The van der Waals surface area contributed by atoms with Crippen molar-refractivity contribution < 1.29 is 14.7 Å². The Morgan fingerprint density at radius 3 is 2.40 bits per heavy atom. The van der Waals surface area contributed by atoms with Gasteiger partial charge in [-0.2, -0.15) is 0 Å². The molecule has 5 nitrogen and oxygen atoms in total. The normalized spacial score (nSPS) is 21.2. The highest BCUT2D eigenvalue weighted by Crippen LogP contribution is 2.34. The first-order valence-corrected chi connectivity index (χ1v) is 10.9. The average Bonchev–Trinajstić information content (AvgIpc) is 3.10. The molecule has 2 aromatic rings. The van der Waals surface area contributed by atoms with E-state index in [4.69, 9.17) is 23.2 Å². The number of nitrogens with zero attached hydrogens (tertiary/aromatic N) is 2. The Bertz CT molecular complexity index is 940. The maximum Gasteiger partial charge on any atom is 0.227 e. The second-order valence-corrected chi connectivity index (χ2v) is 8.97. The van der Waals surface area contributed by atoms with Crippen molar-refractivity contribution in [2.24, 2.45) is 5.92 Å². The van der Waals surface area contributed by atoms with Gasteiger partial charge in [0.15, 0.2) is 0 Å². The summed E-state index contributed by atoms with van der Waals surface area (Å²) in [5.74, 6) is -0.382. The number of carbonyl (C=O) groups is 2. The maximum atomic E-state index is 13.0. The van der Waals surface area contributed by atoms with E-state index in [0.717, 1.165) is 11.1 Å². The Hall–Kier alpha value is -2.08. The van der Waals surface area contributed by atoms with Crippen LogP contribution in [0.2, 0.25) is 10.0 Å². The van der Waals surface area contributed by atoms with Crippen LogP contribution in [0.5, 0.6) is 0 Å². The van der Waals surface area contributed by atoms with Crippen molar-refractivity contribution >= 4 is 35.0 Å². The first-order valence-electron chi connectivity index (χ1n) is 10.1. The molecule has 2 saturated heterocycles. The van der Waals surface area contributed by atoms with Gasteiger partial charge in [-0.15, -0.1) is 0 Å². The van der Waals surface area contributed by atoms with E-state index in [0.29, 0.717) is 49.1 Å². The molecule has 1 atom stereocenters. The number of likely N-dealkylation sites (tertiary alicyclic amines) is 2. The highest BCUT2D eigenvalue weighted by atomic mass is 35.5. The van der Waals surface area contributed by atoms with Gasteiger partial charge in [0.25, 0.3) is 0 Å². The summed E-state index contributed by atoms with van der Waals surface area (Å²) in [6, 6.07) is 14.6. The number of halogens is 2. The van der Waals surface area contributed by atoms with Crippen molar-refractivity contribution in [2.75, 3.05) is 19.6 Å². The molecule has 0 saturated carbocycles. The molecule has 4 rings (SSSR count).